The maximum absolute atomic E-state index is 12.3. The molecule has 0 aromatic heterocycles. The van der Waals surface area contributed by atoms with Gasteiger partial charge >= 0.3 is 5.97 Å². The number of benzene rings is 2. The molecule has 1 N–H and O–H groups in total. The maximum Gasteiger partial charge on any atom is 0.339 e. The van der Waals surface area contributed by atoms with Crippen LogP contribution in [0.15, 0.2) is 53.4 Å². The van der Waals surface area contributed by atoms with Crippen molar-refractivity contribution < 1.29 is 27.7 Å². The van der Waals surface area contributed by atoms with Gasteiger partial charge in [-0.25, -0.2) is 13.2 Å². The number of esters is 1. The number of carbonyl (C=O) groups excluding carboxylic acids is 2. The van der Waals surface area contributed by atoms with Gasteiger partial charge in [0.1, 0.15) is 4.90 Å². The first-order valence-corrected chi connectivity index (χ1v) is 10.4. The molecule has 9 nitrogen and oxygen atoms in total. The van der Waals surface area contributed by atoms with Crippen LogP contribution in [0.2, 0.25) is 0 Å². The Hall–Kier alpha value is -3.27. The zero-order chi connectivity index (χ0) is 21.8. The average molecular weight is 420 g/mol. The van der Waals surface area contributed by atoms with Crippen molar-refractivity contribution in [2.45, 2.75) is 30.9 Å². The highest BCUT2D eigenvalue weighted by atomic mass is 32.2. The van der Waals surface area contributed by atoms with E-state index in [1.54, 1.807) is 6.92 Å². The smallest absolute Gasteiger partial charge is 0.339 e. The van der Waals surface area contributed by atoms with Crippen molar-refractivity contribution >= 4 is 27.4 Å². The lowest BCUT2D eigenvalue weighted by molar-refractivity contribution is -0.387. The molecule has 29 heavy (non-hydrogen) atoms. The zero-order valence-electron chi connectivity index (χ0n) is 16.0. The van der Waals surface area contributed by atoms with E-state index in [0.29, 0.717) is 0 Å². The van der Waals surface area contributed by atoms with E-state index in [4.69, 9.17) is 4.74 Å². The summed E-state index contributed by atoms with van der Waals surface area (Å²) in [5.41, 5.74) is -0.108. The van der Waals surface area contributed by atoms with Crippen LogP contribution in [0.4, 0.5) is 5.69 Å². The van der Waals surface area contributed by atoms with E-state index in [-0.39, 0.29) is 11.6 Å². The number of hydrogen-bond donors (Lipinski definition) is 1. The molecule has 2 aromatic carbocycles. The summed E-state index contributed by atoms with van der Waals surface area (Å²) >= 11 is 0. The number of ether oxygens (including phenoxy) is 1. The van der Waals surface area contributed by atoms with Gasteiger partial charge in [-0.1, -0.05) is 30.3 Å². The second kappa shape index (κ2) is 8.82. The third-order valence-electron chi connectivity index (χ3n) is 4.10. The van der Waals surface area contributed by atoms with Crippen LogP contribution in [-0.2, 0) is 19.4 Å². The Morgan fingerprint density at radius 2 is 1.72 bits per heavy atom. The van der Waals surface area contributed by atoms with Gasteiger partial charge in [-0.3, -0.25) is 14.9 Å². The lowest BCUT2D eigenvalue weighted by Crippen LogP contribution is -2.37. The van der Waals surface area contributed by atoms with E-state index >= 15 is 0 Å². The second-order valence-electron chi connectivity index (χ2n) is 6.40. The van der Waals surface area contributed by atoms with Gasteiger partial charge in [0.25, 0.3) is 11.6 Å². The zero-order valence-corrected chi connectivity index (χ0v) is 16.8. The highest BCUT2D eigenvalue weighted by Gasteiger charge is 2.26. The summed E-state index contributed by atoms with van der Waals surface area (Å²) in [4.78, 5) is 34.3. The van der Waals surface area contributed by atoms with Gasteiger partial charge in [-0.2, -0.15) is 0 Å². The first kappa shape index (κ1) is 22.0. The first-order chi connectivity index (χ1) is 13.5. The number of amides is 1. The highest BCUT2D eigenvalue weighted by Crippen LogP contribution is 2.25. The predicted octanol–water partition coefficient (Wildman–Crippen LogP) is 2.42. The lowest BCUT2D eigenvalue weighted by Gasteiger charge is -2.18. The fourth-order valence-electron chi connectivity index (χ4n) is 2.54. The minimum Gasteiger partial charge on any atom is -0.449 e. The molecule has 0 spiro atoms. The Balaban J connectivity index is 2.12. The summed E-state index contributed by atoms with van der Waals surface area (Å²) in [6.07, 6.45) is -0.338. The number of nitro benzene ring substituents is 1. The van der Waals surface area contributed by atoms with E-state index < -0.39 is 43.3 Å². The fourth-order valence-corrected chi connectivity index (χ4v) is 3.37. The third-order valence-corrected chi connectivity index (χ3v) is 5.25. The number of nitrogens with one attached hydrogen (secondary N) is 1. The van der Waals surface area contributed by atoms with Crippen molar-refractivity contribution in [1.29, 1.82) is 0 Å². The Labute approximate surface area is 167 Å². The largest absolute Gasteiger partial charge is 0.449 e. The van der Waals surface area contributed by atoms with Crippen molar-refractivity contribution in [3.05, 3.63) is 69.8 Å². The molecular formula is C19H20N2O7S. The van der Waals surface area contributed by atoms with Crippen molar-refractivity contribution in [2.24, 2.45) is 0 Å². The van der Waals surface area contributed by atoms with Crippen molar-refractivity contribution in [3.63, 3.8) is 0 Å². The average Bonchev–Trinajstić information content (AvgIpc) is 2.67. The predicted molar refractivity (Wildman–Crippen MR) is 104 cm³/mol. The summed E-state index contributed by atoms with van der Waals surface area (Å²) < 4.78 is 28.4. The van der Waals surface area contributed by atoms with Gasteiger partial charge in [0.15, 0.2) is 15.9 Å². The molecule has 0 aliphatic heterocycles. The Morgan fingerprint density at radius 1 is 1.10 bits per heavy atom. The van der Waals surface area contributed by atoms with Crippen LogP contribution >= 0.6 is 0 Å². The summed E-state index contributed by atoms with van der Waals surface area (Å²) in [7, 11) is -3.86. The van der Waals surface area contributed by atoms with Crippen LogP contribution in [0.5, 0.6) is 0 Å². The normalized spacial score (nSPS) is 13.2. The van der Waals surface area contributed by atoms with Gasteiger partial charge in [0.2, 0.25) is 0 Å². The quantitative estimate of drug-likeness (QED) is 0.413. The molecule has 0 heterocycles. The fraction of sp³-hybridized carbons (Fsp3) is 0.263. The van der Waals surface area contributed by atoms with Crippen LogP contribution in [-0.4, -0.2) is 37.6 Å². The number of nitrogens with zero attached hydrogens (tertiary/aromatic N) is 1. The van der Waals surface area contributed by atoms with Crippen LogP contribution in [0, 0.1) is 10.1 Å². The molecule has 10 heteroatoms. The Bertz CT molecular complexity index is 1040. The maximum atomic E-state index is 12.3. The molecular weight excluding hydrogens is 400 g/mol. The van der Waals surface area contributed by atoms with Gasteiger partial charge in [0.05, 0.1) is 16.5 Å². The number of nitro groups is 1. The van der Waals surface area contributed by atoms with Crippen LogP contribution in [0.25, 0.3) is 0 Å². The van der Waals surface area contributed by atoms with E-state index in [0.717, 1.165) is 30.0 Å². The standard InChI is InChI=1S/C19H20N2O7S/c1-12(14-7-5-4-6-8-14)20-18(22)13(2)28-19(23)15-9-10-17(29(3,26)27)16(11-15)21(24)25/h4-13H,1-3H3,(H,20,22)/t12-,13-/m1/s1. The molecule has 2 rings (SSSR count). The van der Waals surface area contributed by atoms with Gasteiger partial charge in [0, 0.05) is 12.3 Å². The van der Waals surface area contributed by atoms with Crippen LogP contribution < -0.4 is 5.32 Å². The molecule has 0 unspecified atom stereocenters. The van der Waals surface area contributed by atoms with E-state index in [1.165, 1.54) is 6.92 Å². The number of hydrogen-bond acceptors (Lipinski definition) is 7. The van der Waals surface area contributed by atoms with Gasteiger partial charge in [-0.15, -0.1) is 0 Å². The molecule has 1 amide bonds. The molecule has 0 saturated heterocycles. The molecule has 0 saturated carbocycles. The molecule has 0 aliphatic carbocycles. The molecule has 154 valence electrons. The summed E-state index contributed by atoms with van der Waals surface area (Å²) in [5, 5.41) is 13.9. The number of rotatable bonds is 7. The highest BCUT2D eigenvalue weighted by molar-refractivity contribution is 7.90. The molecule has 0 aliphatic rings. The van der Waals surface area contributed by atoms with Gasteiger partial charge < -0.3 is 10.1 Å². The van der Waals surface area contributed by atoms with Crippen molar-refractivity contribution in [1.82, 2.24) is 5.32 Å². The van der Waals surface area contributed by atoms with Crippen molar-refractivity contribution in [3.8, 4) is 0 Å². The van der Waals surface area contributed by atoms with Crippen molar-refractivity contribution in [2.75, 3.05) is 6.26 Å². The van der Waals surface area contributed by atoms with E-state index in [9.17, 15) is 28.1 Å². The number of carbonyl (C=O) groups is 2. The van der Waals surface area contributed by atoms with Crippen LogP contribution in [0.1, 0.15) is 35.8 Å². The molecule has 0 fully saturated rings. The topological polar surface area (TPSA) is 133 Å². The minimum atomic E-state index is -3.86. The molecule has 0 bridgehead atoms. The lowest BCUT2D eigenvalue weighted by atomic mass is 10.1. The first-order valence-electron chi connectivity index (χ1n) is 8.55. The molecule has 2 atom stereocenters. The summed E-state index contributed by atoms with van der Waals surface area (Å²) in [6.45, 7) is 3.14. The van der Waals surface area contributed by atoms with Crippen LogP contribution in [0.3, 0.4) is 0 Å². The minimum absolute atomic E-state index is 0.236. The summed E-state index contributed by atoms with van der Waals surface area (Å²) in [6, 6.07) is 11.7. The summed E-state index contributed by atoms with van der Waals surface area (Å²) in [5.74, 6) is -1.53. The van der Waals surface area contributed by atoms with E-state index in [1.807, 2.05) is 30.3 Å². The second-order valence-corrected chi connectivity index (χ2v) is 8.38. The monoisotopic (exact) mass is 420 g/mol. The van der Waals surface area contributed by atoms with Gasteiger partial charge in [-0.05, 0) is 31.5 Å². The molecule has 0 radical (unpaired) electrons. The Morgan fingerprint density at radius 3 is 2.28 bits per heavy atom. The molecule has 2 aromatic rings. The number of sulfone groups is 1. The third kappa shape index (κ3) is 5.61. The SMILES string of the molecule is C[C@@H](OC(=O)c1ccc(S(C)(=O)=O)c([N+](=O)[O-])c1)C(=O)N[C@H](C)c1ccccc1. The van der Waals surface area contributed by atoms with E-state index in [2.05, 4.69) is 5.32 Å². The Kier molecular flexibility index (Phi) is 6.70.